The molecule has 26 heavy (non-hydrogen) atoms. The zero-order chi connectivity index (χ0) is 17.3. The lowest BCUT2D eigenvalue weighted by molar-refractivity contribution is 0.0123. The van der Waals surface area contributed by atoms with E-state index in [4.69, 9.17) is 4.74 Å². The van der Waals surface area contributed by atoms with Crippen LogP contribution in [0.4, 0.5) is 0 Å². The molecule has 2 saturated heterocycles. The summed E-state index contributed by atoms with van der Waals surface area (Å²) in [6, 6.07) is 14.1. The van der Waals surface area contributed by atoms with Crippen LogP contribution in [0.15, 0.2) is 48.7 Å². The number of piperidine rings is 2. The number of hydrogen-bond acceptors (Lipinski definition) is 5. The van der Waals surface area contributed by atoms with Crippen LogP contribution in [-0.2, 0) is 0 Å². The Bertz CT molecular complexity index is 906. The molecule has 2 bridgehead atoms. The van der Waals surface area contributed by atoms with Crippen LogP contribution in [0.5, 0.6) is 5.88 Å². The minimum absolute atomic E-state index is 0.272. The fraction of sp³-hybridized carbons (Fsp3) is 0.381. The van der Waals surface area contributed by atoms with Crippen molar-refractivity contribution >= 4 is 10.9 Å². The van der Waals surface area contributed by atoms with Crippen molar-refractivity contribution in [2.24, 2.45) is 5.92 Å². The third-order valence-corrected chi connectivity index (χ3v) is 5.63. The van der Waals surface area contributed by atoms with E-state index < -0.39 is 0 Å². The molecule has 0 saturated carbocycles. The summed E-state index contributed by atoms with van der Waals surface area (Å²) in [4.78, 5) is 6.97. The van der Waals surface area contributed by atoms with Crippen LogP contribution in [0.3, 0.4) is 0 Å². The number of fused-ring (bicyclic) bond motifs is 3. The van der Waals surface area contributed by atoms with E-state index in [1.807, 2.05) is 36.5 Å². The Kier molecular flexibility index (Phi) is 4.02. The first-order valence-electron chi connectivity index (χ1n) is 9.44. The van der Waals surface area contributed by atoms with Crippen LogP contribution in [0.2, 0.25) is 0 Å². The number of aromatic nitrogens is 3. The van der Waals surface area contributed by atoms with E-state index in [0.29, 0.717) is 11.8 Å². The summed E-state index contributed by atoms with van der Waals surface area (Å²) in [6.07, 6.45) is 5.71. The van der Waals surface area contributed by atoms with Crippen molar-refractivity contribution in [1.29, 1.82) is 0 Å². The lowest BCUT2D eigenvalue weighted by Crippen LogP contribution is -2.49. The maximum atomic E-state index is 6.21. The molecule has 5 rings (SSSR count). The van der Waals surface area contributed by atoms with Crippen molar-refractivity contribution in [2.75, 3.05) is 19.6 Å². The van der Waals surface area contributed by atoms with Gasteiger partial charge in [0.15, 0.2) is 0 Å². The van der Waals surface area contributed by atoms with E-state index >= 15 is 0 Å². The van der Waals surface area contributed by atoms with Crippen molar-refractivity contribution in [2.45, 2.75) is 25.4 Å². The molecule has 1 unspecified atom stereocenters. The van der Waals surface area contributed by atoms with Gasteiger partial charge in [0, 0.05) is 42.2 Å². The maximum absolute atomic E-state index is 6.21. The second-order valence-electron chi connectivity index (χ2n) is 7.28. The molecule has 0 amide bonds. The Labute approximate surface area is 153 Å². The Hall–Kier alpha value is -2.53. The van der Waals surface area contributed by atoms with Crippen LogP contribution in [0.1, 0.15) is 19.3 Å². The summed E-state index contributed by atoms with van der Waals surface area (Å²) >= 11 is 0. The van der Waals surface area contributed by atoms with Crippen LogP contribution >= 0.6 is 0 Å². The molecule has 2 aromatic heterocycles. The molecule has 5 nitrogen and oxygen atoms in total. The first-order valence-corrected chi connectivity index (χ1v) is 9.44. The van der Waals surface area contributed by atoms with Crippen molar-refractivity contribution in [3.8, 4) is 17.1 Å². The number of benzene rings is 1. The first kappa shape index (κ1) is 15.7. The monoisotopic (exact) mass is 346 g/mol. The number of hydrogen-bond donors (Lipinski definition) is 0. The molecule has 3 aromatic rings. The van der Waals surface area contributed by atoms with Crippen molar-refractivity contribution < 1.29 is 4.74 Å². The fourth-order valence-corrected chi connectivity index (χ4v) is 4.31. The lowest BCUT2D eigenvalue weighted by Gasteiger charge is -2.42. The van der Waals surface area contributed by atoms with E-state index in [-0.39, 0.29) is 6.10 Å². The quantitative estimate of drug-likeness (QED) is 0.726. The highest BCUT2D eigenvalue weighted by Gasteiger charge is 2.33. The second kappa shape index (κ2) is 6.65. The Morgan fingerprint density at radius 2 is 1.96 bits per heavy atom. The molecular weight excluding hydrogens is 324 g/mol. The van der Waals surface area contributed by atoms with Gasteiger partial charge in [-0.15, -0.1) is 10.2 Å². The Morgan fingerprint density at radius 1 is 0.962 bits per heavy atom. The number of pyridine rings is 1. The maximum Gasteiger partial charge on any atom is 0.233 e. The smallest absolute Gasteiger partial charge is 0.233 e. The van der Waals surface area contributed by atoms with Gasteiger partial charge >= 0.3 is 0 Å². The summed E-state index contributed by atoms with van der Waals surface area (Å²) in [6.45, 7) is 3.55. The predicted molar refractivity (Wildman–Crippen MR) is 101 cm³/mol. The lowest BCUT2D eigenvalue weighted by atomic mass is 9.87. The zero-order valence-electron chi connectivity index (χ0n) is 14.7. The van der Waals surface area contributed by atoms with Crippen molar-refractivity contribution in [3.05, 3.63) is 48.7 Å². The SMILES string of the molecule is c1cc(-c2ccc(O[C@H]3CCN4CCC[C@H]3C4)nn2)c2cccnc2c1. The van der Waals surface area contributed by atoms with E-state index in [2.05, 4.69) is 32.2 Å². The molecule has 0 spiro atoms. The molecule has 2 aliphatic heterocycles. The van der Waals surface area contributed by atoms with Crippen molar-refractivity contribution in [1.82, 2.24) is 20.1 Å². The Balaban J connectivity index is 1.37. The fourth-order valence-electron chi connectivity index (χ4n) is 4.31. The number of nitrogens with zero attached hydrogens (tertiary/aromatic N) is 4. The van der Waals surface area contributed by atoms with Crippen LogP contribution in [-0.4, -0.2) is 45.8 Å². The highest BCUT2D eigenvalue weighted by Crippen LogP contribution is 2.30. The second-order valence-corrected chi connectivity index (χ2v) is 7.28. The molecule has 0 N–H and O–H groups in total. The summed E-state index contributed by atoms with van der Waals surface area (Å²) in [5.74, 6) is 1.26. The average Bonchev–Trinajstić information content (AvgIpc) is 2.71. The van der Waals surface area contributed by atoms with Crippen LogP contribution < -0.4 is 4.74 Å². The minimum atomic E-state index is 0.272. The van der Waals surface area contributed by atoms with E-state index in [9.17, 15) is 0 Å². The van der Waals surface area contributed by atoms with Gasteiger partial charge in [-0.2, -0.15) is 0 Å². The molecule has 2 fully saturated rings. The van der Waals surface area contributed by atoms with Gasteiger partial charge in [0.25, 0.3) is 0 Å². The molecule has 132 valence electrons. The molecule has 4 heterocycles. The molecule has 0 radical (unpaired) electrons. The normalized spacial score (nSPS) is 25.2. The van der Waals surface area contributed by atoms with Crippen molar-refractivity contribution in [3.63, 3.8) is 0 Å². The zero-order valence-corrected chi connectivity index (χ0v) is 14.7. The summed E-state index contributed by atoms with van der Waals surface area (Å²) in [5, 5.41) is 9.88. The predicted octanol–water partition coefficient (Wildman–Crippen LogP) is 3.55. The highest BCUT2D eigenvalue weighted by molar-refractivity contribution is 5.93. The van der Waals surface area contributed by atoms with Gasteiger partial charge in [-0.1, -0.05) is 18.2 Å². The van der Waals surface area contributed by atoms with E-state index in [1.165, 1.54) is 25.9 Å². The molecule has 5 heteroatoms. The third-order valence-electron chi connectivity index (χ3n) is 5.63. The van der Waals surface area contributed by atoms with Gasteiger partial charge in [0.2, 0.25) is 5.88 Å². The van der Waals surface area contributed by atoms with Gasteiger partial charge in [0.1, 0.15) is 6.10 Å². The largest absolute Gasteiger partial charge is 0.473 e. The van der Waals surface area contributed by atoms with E-state index in [1.54, 1.807) is 0 Å². The summed E-state index contributed by atoms with van der Waals surface area (Å²) < 4.78 is 6.21. The number of ether oxygens (including phenoxy) is 1. The first-order chi connectivity index (χ1) is 12.9. The number of rotatable bonds is 3. The molecule has 0 aliphatic carbocycles. The van der Waals surface area contributed by atoms with E-state index in [0.717, 1.165) is 35.1 Å². The van der Waals surface area contributed by atoms with Gasteiger partial charge in [0.05, 0.1) is 11.2 Å². The topological polar surface area (TPSA) is 51.1 Å². The molecular formula is C21H22N4O. The average molecular weight is 346 g/mol. The van der Waals surface area contributed by atoms with Gasteiger partial charge < -0.3 is 9.64 Å². The van der Waals surface area contributed by atoms with Gasteiger partial charge in [-0.25, -0.2) is 0 Å². The highest BCUT2D eigenvalue weighted by atomic mass is 16.5. The third kappa shape index (κ3) is 2.92. The van der Waals surface area contributed by atoms with Gasteiger partial charge in [-0.05, 0) is 44.0 Å². The summed E-state index contributed by atoms with van der Waals surface area (Å²) in [5.41, 5.74) is 2.87. The van der Waals surface area contributed by atoms with Gasteiger partial charge in [-0.3, -0.25) is 4.98 Å². The van der Waals surface area contributed by atoms with Crippen LogP contribution in [0.25, 0.3) is 22.2 Å². The van der Waals surface area contributed by atoms with Crippen LogP contribution in [0, 0.1) is 5.92 Å². The molecule has 3 atom stereocenters. The molecule has 1 aromatic carbocycles. The minimum Gasteiger partial charge on any atom is -0.473 e. The standard InChI is InChI=1S/C21H22N4O/c1-5-17(16-6-2-11-22-18(16)7-1)19-8-9-21(24-23-19)26-20-10-13-25-12-3-4-15(20)14-25/h1-2,5-9,11,15,20H,3-4,10,12-14H2/t15-,20-/m0/s1. The Morgan fingerprint density at radius 3 is 2.88 bits per heavy atom. The molecule has 2 aliphatic rings. The summed E-state index contributed by atoms with van der Waals surface area (Å²) in [7, 11) is 0.